The van der Waals surface area contributed by atoms with Crippen molar-refractivity contribution >= 4 is 23.9 Å². The lowest BCUT2D eigenvalue weighted by Crippen LogP contribution is -2.40. The fourth-order valence-corrected chi connectivity index (χ4v) is 4.29. The molecule has 1 atom stereocenters. The molecule has 2 aliphatic heterocycles. The molecule has 7 nitrogen and oxygen atoms in total. The molecule has 2 heterocycles. The van der Waals surface area contributed by atoms with Gasteiger partial charge in [0.25, 0.3) is 11.8 Å². The van der Waals surface area contributed by atoms with Gasteiger partial charge in [0.1, 0.15) is 5.75 Å². The highest BCUT2D eigenvalue weighted by molar-refractivity contribution is 6.39. The Kier molecular flexibility index (Phi) is 8.29. The highest BCUT2D eigenvalue weighted by atomic mass is 16.5. The lowest BCUT2D eigenvalue weighted by atomic mass is 9.97. The van der Waals surface area contributed by atoms with Gasteiger partial charge in [-0.2, -0.15) is 0 Å². The summed E-state index contributed by atoms with van der Waals surface area (Å²) < 4.78 is 5.78. The standard InChI is InChI=1S/C28H34N4O3/c1-21(2)20-35-25-11-6-10-23(18-25)27(33)31-14-7-15-32(17-16-31)28(34)26-29-13-12-24(19-30-26)22-8-4-3-5-9-22/h3-6,8-11,18-19,21,24H,7,12-17,20H2,1-2H3. The zero-order chi connectivity index (χ0) is 24.6. The molecule has 0 radical (unpaired) electrons. The topological polar surface area (TPSA) is 74.6 Å². The molecule has 1 unspecified atom stereocenters. The molecule has 184 valence electrons. The Morgan fingerprint density at radius 3 is 2.46 bits per heavy atom. The van der Waals surface area contributed by atoms with Crippen LogP contribution in [0, 0.1) is 5.92 Å². The first kappa shape index (κ1) is 24.6. The van der Waals surface area contributed by atoms with Gasteiger partial charge in [0, 0.05) is 50.4 Å². The van der Waals surface area contributed by atoms with Gasteiger partial charge in [-0.25, -0.2) is 4.99 Å². The first-order valence-corrected chi connectivity index (χ1v) is 12.5. The Morgan fingerprint density at radius 1 is 0.971 bits per heavy atom. The zero-order valence-corrected chi connectivity index (χ0v) is 20.6. The molecule has 2 amide bonds. The molecule has 0 aliphatic carbocycles. The Morgan fingerprint density at radius 2 is 1.71 bits per heavy atom. The lowest BCUT2D eigenvalue weighted by Gasteiger charge is -2.22. The Balaban J connectivity index is 1.36. The number of aliphatic imine (C=N–C) groups is 2. The summed E-state index contributed by atoms with van der Waals surface area (Å²) in [5.74, 6) is 1.34. The van der Waals surface area contributed by atoms with E-state index in [4.69, 9.17) is 4.74 Å². The van der Waals surface area contributed by atoms with E-state index >= 15 is 0 Å². The van der Waals surface area contributed by atoms with Gasteiger partial charge >= 0.3 is 0 Å². The summed E-state index contributed by atoms with van der Waals surface area (Å²) in [5, 5.41) is 0. The largest absolute Gasteiger partial charge is 0.493 e. The molecule has 2 aromatic rings. The molecule has 0 N–H and O–H groups in total. The van der Waals surface area contributed by atoms with Crippen molar-refractivity contribution in [3.63, 3.8) is 0 Å². The van der Waals surface area contributed by atoms with Gasteiger partial charge < -0.3 is 14.5 Å². The predicted octanol–water partition coefficient (Wildman–Crippen LogP) is 4.05. The molecule has 1 saturated heterocycles. The maximum Gasteiger partial charge on any atom is 0.291 e. The lowest BCUT2D eigenvalue weighted by molar-refractivity contribution is -0.124. The Bertz CT molecular complexity index is 1080. The summed E-state index contributed by atoms with van der Waals surface area (Å²) in [5.41, 5.74) is 1.79. The normalized spacial score (nSPS) is 18.6. The third-order valence-corrected chi connectivity index (χ3v) is 6.23. The molecule has 2 aliphatic rings. The number of amides is 2. The van der Waals surface area contributed by atoms with Crippen LogP contribution in [0.1, 0.15) is 48.5 Å². The number of hydrogen-bond donors (Lipinski definition) is 0. The maximum atomic E-state index is 13.2. The van der Waals surface area contributed by atoms with Crippen LogP contribution in [0.3, 0.4) is 0 Å². The second kappa shape index (κ2) is 11.8. The van der Waals surface area contributed by atoms with Crippen molar-refractivity contribution in [3.8, 4) is 5.75 Å². The molecule has 7 heteroatoms. The number of nitrogens with zero attached hydrogens (tertiary/aromatic N) is 4. The number of carbonyl (C=O) groups excluding carboxylic acids is 2. The zero-order valence-electron chi connectivity index (χ0n) is 20.6. The molecular formula is C28H34N4O3. The van der Waals surface area contributed by atoms with E-state index in [1.807, 2.05) is 47.5 Å². The van der Waals surface area contributed by atoms with Crippen LogP contribution >= 0.6 is 0 Å². The minimum atomic E-state index is -0.159. The van der Waals surface area contributed by atoms with E-state index in [1.54, 1.807) is 11.0 Å². The van der Waals surface area contributed by atoms with Crippen molar-refractivity contribution in [1.29, 1.82) is 0 Å². The van der Waals surface area contributed by atoms with Gasteiger partial charge in [0.15, 0.2) is 0 Å². The number of carbonyl (C=O) groups is 2. The number of ether oxygens (including phenoxy) is 1. The molecule has 0 saturated carbocycles. The molecule has 0 bridgehead atoms. The number of hydrogen-bond acceptors (Lipinski definition) is 5. The maximum absolute atomic E-state index is 13.2. The summed E-state index contributed by atoms with van der Waals surface area (Å²) in [6, 6.07) is 17.5. The van der Waals surface area contributed by atoms with E-state index in [0.717, 1.165) is 6.42 Å². The van der Waals surface area contributed by atoms with Gasteiger partial charge in [-0.05, 0) is 42.5 Å². The minimum Gasteiger partial charge on any atom is -0.493 e. The van der Waals surface area contributed by atoms with Gasteiger partial charge in [0.05, 0.1) is 6.61 Å². The first-order chi connectivity index (χ1) is 17.0. The van der Waals surface area contributed by atoms with Crippen LogP contribution in [-0.2, 0) is 4.79 Å². The second-order valence-corrected chi connectivity index (χ2v) is 9.46. The second-order valence-electron chi connectivity index (χ2n) is 9.46. The molecule has 0 spiro atoms. The van der Waals surface area contributed by atoms with Crippen LogP contribution in [-0.4, -0.2) is 73.0 Å². The van der Waals surface area contributed by atoms with Crippen molar-refractivity contribution in [3.05, 3.63) is 65.7 Å². The predicted molar refractivity (Wildman–Crippen MR) is 138 cm³/mol. The van der Waals surface area contributed by atoms with E-state index < -0.39 is 0 Å². The van der Waals surface area contributed by atoms with E-state index in [9.17, 15) is 9.59 Å². The van der Waals surface area contributed by atoms with Crippen LogP contribution in [0.5, 0.6) is 5.75 Å². The fourth-order valence-electron chi connectivity index (χ4n) is 4.29. The number of benzene rings is 2. The first-order valence-electron chi connectivity index (χ1n) is 12.5. The van der Waals surface area contributed by atoms with E-state index in [0.29, 0.717) is 63.0 Å². The van der Waals surface area contributed by atoms with Crippen molar-refractivity contribution in [2.75, 3.05) is 39.3 Å². The van der Waals surface area contributed by atoms with Crippen LogP contribution < -0.4 is 4.74 Å². The van der Waals surface area contributed by atoms with Crippen LogP contribution in [0.4, 0.5) is 0 Å². The van der Waals surface area contributed by atoms with Crippen molar-refractivity contribution in [1.82, 2.24) is 9.80 Å². The molecular weight excluding hydrogens is 440 g/mol. The Labute approximate surface area is 207 Å². The van der Waals surface area contributed by atoms with Gasteiger partial charge in [-0.3, -0.25) is 14.6 Å². The molecule has 0 aromatic heterocycles. The minimum absolute atomic E-state index is 0.0372. The number of rotatable bonds is 6. The monoisotopic (exact) mass is 474 g/mol. The summed E-state index contributed by atoms with van der Waals surface area (Å²) in [7, 11) is 0. The summed E-state index contributed by atoms with van der Waals surface area (Å²) >= 11 is 0. The van der Waals surface area contributed by atoms with Gasteiger partial charge in [0.2, 0.25) is 5.84 Å². The average Bonchev–Trinajstić information content (AvgIpc) is 3.29. The smallest absolute Gasteiger partial charge is 0.291 e. The molecule has 2 aromatic carbocycles. The van der Waals surface area contributed by atoms with E-state index in [2.05, 4.69) is 36.0 Å². The Hall–Kier alpha value is -3.48. The van der Waals surface area contributed by atoms with Crippen LogP contribution in [0.2, 0.25) is 0 Å². The number of amidine groups is 1. The van der Waals surface area contributed by atoms with Crippen LogP contribution in [0.15, 0.2) is 64.6 Å². The SMILES string of the molecule is CC(C)COc1cccc(C(=O)N2CCCN(C(=O)C3=NCCC(c4ccccc4)C=N3)CC2)c1. The molecule has 1 fully saturated rings. The molecule has 4 rings (SSSR count). The quantitative estimate of drug-likeness (QED) is 0.634. The summed E-state index contributed by atoms with van der Waals surface area (Å²) in [6.07, 6.45) is 3.39. The molecule has 35 heavy (non-hydrogen) atoms. The van der Waals surface area contributed by atoms with Crippen molar-refractivity contribution < 1.29 is 14.3 Å². The van der Waals surface area contributed by atoms with E-state index in [-0.39, 0.29) is 23.6 Å². The summed E-state index contributed by atoms with van der Waals surface area (Å²) in [4.78, 5) is 38.9. The van der Waals surface area contributed by atoms with E-state index in [1.165, 1.54) is 5.56 Å². The van der Waals surface area contributed by atoms with Crippen molar-refractivity contribution in [2.24, 2.45) is 15.9 Å². The van der Waals surface area contributed by atoms with Crippen molar-refractivity contribution in [2.45, 2.75) is 32.6 Å². The third kappa shape index (κ3) is 6.56. The summed E-state index contributed by atoms with van der Waals surface area (Å²) in [6.45, 7) is 7.48. The van der Waals surface area contributed by atoms with Gasteiger partial charge in [-0.1, -0.05) is 50.2 Å². The fraction of sp³-hybridized carbons (Fsp3) is 0.429. The average molecular weight is 475 g/mol. The highest BCUT2D eigenvalue weighted by Crippen LogP contribution is 2.20. The van der Waals surface area contributed by atoms with Crippen LogP contribution in [0.25, 0.3) is 0 Å². The third-order valence-electron chi connectivity index (χ3n) is 6.23. The van der Waals surface area contributed by atoms with Gasteiger partial charge in [-0.15, -0.1) is 0 Å². The highest BCUT2D eigenvalue weighted by Gasteiger charge is 2.26.